The topological polar surface area (TPSA) is 13.1 Å². The maximum Gasteiger partial charge on any atom is 0.123 e. The molecular weight excluding hydrogens is 546 g/mol. The van der Waals surface area contributed by atoms with Crippen molar-refractivity contribution in [1.29, 1.82) is 0 Å². The van der Waals surface area contributed by atoms with Gasteiger partial charge in [-0.25, -0.2) is 0 Å². The van der Waals surface area contributed by atoms with E-state index in [2.05, 4.69) is 178 Å². The van der Waals surface area contributed by atoms with Crippen LogP contribution in [0.25, 0.3) is 66.0 Å². The molecule has 0 N–H and O–H groups in total. The van der Waals surface area contributed by atoms with E-state index >= 15 is 0 Å². The van der Waals surface area contributed by atoms with Crippen molar-refractivity contribution >= 4 is 60.7 Å². The van der Waals surface area contributed by atoms with E-state index in [9.17, 15) is 0 Å². The highest BCUT2D eigenvalue weighted by Gasteiger charge is 2.29. The summed E-state index contributed by atoms with van der Waals surface area (Å²) >= 11 is 0. The zero-order valence-electron chi connectivity index (χ0n) is 24.4. The van der Waals surface area contributed by atoms with Crippen molar-refractivity contribution in [3.05, 3.63) is 164 Å². The van der Waals surface area contributed by atoms with Crippen molar-refractivity contribution in [2.45, 2.75) is 0 Å². The van der Waals surface area contributed by atoms with Gasteiger partial charge in [-0.1, -0.05) is 103 Å². The summed E-state index contributed by atoms with van der Waals surface area (Å²) in [5, 5.41) is 6.18. The molecule has 2 aromatic heterocycles. The number of fused-ring (bicyclic) bond motifs is 11. The number of para-hydroxylation sites is 4. The van der Waals surface area contributed by atoms with E-state index in [1.54, 1.807) is 0 Å². The number of rotatable bonds is 2. The lowest BCUT2D eigenvalue weighted by Gasteiger charge is -2.26. The summed E-state index contributed by atoms with van der Waals surface area (Å²) < 4.78 is 4.84. The van der Waals surface area contributed by atoms with Crippen LogP contribution in [0.3, 0.4) is 0 Å². The largest absolute Gasteiger partial charge is 0.309 e. The van der Waals surface area contributed by atoms with Gasteiger partial charge in [0.1, 0.15) is 5.82 Å². The Bertz CT molecular complexity index is 2600. The van der Waals surface area contributed by atoms with Gasteiger partial charge in [0.25, 0.3) is 0 Å². The van der Waals surface area contributed by atoms with Gasteiger partial charge in [-0.15, -0.1) is 0 Å². The third kappa shape index (κ3) is 3.46. The monoisotopic (exact) mass is 573 g/mol. The van der Waals surface area contributed by atoms with Gasteiger partial charge in [-0.2, -0.15) is 0 Å². The molecule has 0 saturated heterocycles. The Morgan fingerprint density at radius 2 is 1.00 bits per heavy atom. The summed E-state index contributed by atoms with van der Waals surface area (Å²) in [6.45, 7) is 0. The Morgan fingerprint density at radius 1 is 0.333 bits per heavy atom. The second kappa shape index (κ2) is 9.22. The van der Waals surface area contributed by atoms with Gasteiger partial charge < -0.3 is 4.57 Å². The van der Waals surface area contributed by atoms with Crippen LogP contribution in [0.5, 0.6) is 0 Å². The lowest BCUT2D eigenvalue weighted by Crippen LogP contribution is -2.13. The third-order valence-corrected chi connectivity index (χ3v) is 9.39. The first-order valence-electron chi connectivity index (χ1n) is 15.5. The van der Waals surface area contributed by atoms with Gasteiger partial charge >= 0.3 is 0 Å². The lowest BCUT2D eigenvalue weighted by molar-refractivity contribution is 1.09. The predicted octanol–water partition coefficient (Wildman–Crippen LogP) is 11.3. The fourth-order valence-electron chi connectivity index (χ4n) is 7.43. The van der Waals surface area contributed by atoms with Gasteiger partial charge in [0.05, 0.1) is 27.9 Å². The van der Waals surface area contributed by atoms with Crippen LogP contribution in [-0.4, -0.2) is 9.13 Å². The van der Waals surface area contributed by atoms with E-state index in [4.69, 9.17) is 0 Å². The molecular formula is C42H27N3. The standard InChI is InChI=1S/C42H27N3/c1-2-15-31(16-3-1)43-38-20-10-7-17-33(38)35-23-22-32(27-41(35)43)44-40-25-29-13-5-4-12-28(29)24-36(40)34-18-8-11-21-39(34)45-37-19-9-6-14-30(37)26-42(44)45/h1-27H. The zero-order chi connectivity index (χ0) is 29.5. The molecule has 0 bridgehead atoms. The van der Waals surface area contributed by atoms with Crippen molar-refractivity contribution in [2.24, 2.45) is 0 Å². The van der Waals surface area contributed by atoms with Crippen LogP contribution >= 0.6 is 0 Å². The van der Waals surface area contributed by atoms with Crippen LogP contribution in [-0.2, 0) is 0 Å². The summed E-state index contributed by atoms with van der Waals surface area (Å²) in [5.41, 5.74) is 10.7. The first-order chi connectivity index (χ1) is 22.3. The molecule has 0 fully saturated rings. The highest BCUT2D eigenvalue weighted by Crippen LogP contribution is 2.50. The van der Waals surface area contributed by atoms with Crippen LogP contribution in [0.15, 0.2) is 164 Å². The quantitative estimate of drug-likeness (QED) is 0.200. The molecule has 0 spiro atoms. The lowest BCUT2D eigenvalue weighted by atomic mass is 9.97. The number of nitrogens with zero attached hydrogens (tertiary/aromatic N) is 3. The van der Waals surface area contributed by atoms with Crippen LogP contribution in [0.2, 0.25) is 0 Å². The van der Waals surface area contributed by atoms with Gasteiger partial charge in [0.2, 0.25) is 0 Å². The summed E-state index contributed by atoms with van der Waals surface area (Å²) in [4.78, 5) is 2.47. The van der Waals surface area contributed by atoms with E-state index < -0.39 is 0 Å². The molecule has 7 aromatic carbocycles. The summed E-state index contributed by atoms with van der Waals surface area (Å²) in [6.07, 6.45) is 0. The SMILES string of the molecule is c1ccc(-n2c3ccccc3c3ccc(N4c5cc6ccccc6cc5-c5ccccc5-n5c4cc4ccccc45)cc32)cc1. The molecule has 0 atom stereocenters. The molecule has 1 aliphatic heterocycles. The number of hydrogen-bond acceptors (Lipinski definition) is 1. The molecule has 3 nitrogen and oxygen atoms in total. The van der Waals surface area contributed by atoms with E-state index in [-0.39, 0.29) is 0 Å². The highest BCUT2D eigenvalue weighted by atomic mass is 15.3. The Kier molecular flexibility index (Phi) is 5.00. The summed E-state index contributed by atoms with van der Waals surface area (Å²) in [5.74, 6) is 1.12. The van der Waals surface area contributed by atoms with Crippen LogP contribution < -0.4 is 4.90 Å². The maximum absolute atomic E-state index is 2.47. The highest BCUT2D eigenvalue weighted by molar-refractivity contribution is 6.11. The van der Waals surface area contributed by atoms with Crippen molar-refractivity contribution < 1.29 is 0 Å². The maximum atomic E-state index is 2.47. The summed E-state index contributed by atoms with van der Waals surface area (Å²) in [7, 11) is 0. The van der Waals surface area contributed by atoms with E-state index in [0.717, 1.165) is 17.2 Å². The Morgan fingerprint density at radius 3 is 1.87 bits per heavy atom. The minimum absolute atomic E-state index is 1.12. The molecule has 0 saturated carbocycles. The van der Waals surface area contributed by atoms with E-state index in [1.165, 1.54) is 66.0 Å². The minimum Gasteiger partial charge on any atom is -0.309 e. The number of hydrogen-bond donors (Lipinski definition) is 0. The molecule has 0 aliphatic carbocycles. The Balaban J connectivity index is 1.35. The molecule has 0 unspecified atom stereocenters. The molecule has 0 amide bonds. The first kappa shape index (κ1) is 24.4. The predicted molar refractivity (Wildman–Crippen MR) is 189 cm³/mol. The average molecular weight is 574 g/mol. The second-order valence-corrected chi connectivity index (χ2v) is 11.9. The molecule has 1 aliphatic rings. The van der Waals surface area contributed by atoms with Gasteiger partial charge in [-0.3, -0.25) is 9.47 Å². The first-order valence-corrected chi connectivity index (χ1v) is 15.5. The van der Waals surface area contributed by atoms with E-state index in [0.29, 0.717) is 0 Å². The third-order valence-electron chi connectivity index (χ3n) is 9.39. The van der Waals surface area contributed by atoms with Gasteiger partial charge in [0, 0.05) is 38.7 Å². The molecule has 3 heteroatoms. The van der Waals surface area contributed by atoms with E-state index in [1.807, 2.05) is 0 Å². The van der Waals surface area contributed by atoms with Crippen molar-refractivity contribution in [1.82, 2.24) is 9.13 Å². The zero-order valence-corrected chi connectivity index (χ0v) is 24.4. The van der Waals surface area contributed by atoms with Gasteiger partial charge in [-0.05, 0) is 71.4 Å². The smallest absolute Gasteiger partial charge is 0.123 e. The normalized spacial score (nSPS) is 12.4. The fourth-order valence-corrected chi connectivity index (χ4v) is 7.43. The van der Waals surface area contributed by atoms with Crippen molar-refractivity contribution in [2.75, 3.05) is 4.90 Å². The van der Waals surface area contributed by atoms with Crippen LogP contribution in [0.4, 0.5) is 17.2 Å². The number of aromatic nitrogens is 2. The molecule has 9 aromatic rings. The molecule has 3 heterocycles. The van der Waals surface area contributed by atoms with Crippen LogP contribution in [0, 0.1) is 0 Å². The average Bonchev–Trinajstić information content (AvgIpc) is 3.61. The molecule has 10 rings (SSSR count). The Labute approximate surface area is 260 Å². The van der Waals surface area contributed by atoms with Crippen molar-refractivity contribution in [3.8, 4) is 22.5 Å². The molecule has 210 valence electrons. The fraction of sp³-hybridized carbons (Fsp3) is 0. The second-order valence-electron chi connectivity index (χ2n) is 11.9. The van der Waals surface area contributed by atoms with Crippen molar-refractivity contribution in [3.63, 3.8) is 0 Å². The molecule has 0 radical (unpaired) electrons. The minimum atomic E-state index is 1.12. The molecule has 45 heavy (non-hydrogen) atoms. The summed E-state index contributed by atoms with van der Waals surface area (Å²) in [6, 6.07) is 59.7. The number of benzene rings is 7. The Hall–Kier alpha value is -6.06. The van der Waals surface area contributed by atoms with Crippen LogP contribution in [0.1, 0.15) is 0 Å². The number of anilines is 3. The van der Waals surface area contributed by atoms with Gasteiger partial charge in [0.15, 0.2) is 0 Å².